The second kappa shape index (κ2) is 8.75. The van der Waals surface area contributed by atoms with Crippen molar-refractivity contribution < 1.29 is 9.90 Å². The Morgan fingerprint density at radius 1 is 1.18 bits per heavy atom. The molecule has 0 unspecified atom stereocenters. The molecule has 1 spiro atoms. The molecule has 3 heterocycles. The van der Waals surface area contributed by atoms with Crippen molar-refractivity contribution in [3.05, 3.63) is 70.1 Å². The Morgan fingerprint density at radius 3 is 2.68 bits per heavy atom. The number of aliphatic hydroxyl groups excluding tert-OH is 1. The topological polar surface area (TPSA) is 70.4 Å². The first-order valence-corrected chi connectivity index (χ1v) is 12.3. The maximum atomic E-state index is 13.8. The van der Waals surface area contributed by atoms with E-state index in [-0.39, 0.29) is 24.0 Å². The van der Waals surface area contributed by atoms with Gasteiger partial charge in [-0.2, -0.15) is 0 Å². The number of hydrogen-bond donors (Lipinski definition) is 2. The summed E-state index contributed by atoms with van der Waals surface area (Å²) >= 11 is 6.53. The van der Waals surface area contributed by atoms with Gasteiger partial charge in [0.25, 0.3) is 5.91 Å². The number of anilines is 1. The average molecular weight is 479 g/mol. The van der Waals surface area contributed by atoms with Gasteiger partial charge in [-0.05, 0) is 56.9 Å². The largest absolute Gasteiger partial charge is 0.392 e. The van der Waals surface area contributed by atoms with Gasteiger partial charge in [-0.25, -0.2) is 4.98 Å². The fourth-order valence-electron chi connectivity index (χ4n) is 4.93. The molecule has 7 heteroatoms. The predicted octanol–water partition coefficient (Wildman–Crippen LogP) is 5.26. The van der Waals surface area contributed by atoms with E-state index in [0.29, 0.717) is 17.3 Å². The molecule has 0 saturated heterocycles. The Hall–Kier alpha value is -2.83. The summed E-state index contributed by atoms with van der Waals surface area (Å²) in [5, 5.41) is 13.8. The molecule has 2 aliphatic rings. The van der Waals surface area contributed by atoms with Gasteiger partial charge in [-0.15, -0.1) is 0 Å². The summed E-state index contributed by atoms with van der Waals surface area (Å²) in [6, 6.07) is 10.2. The molecule has 2 aromatic heterocycles. The summed E-state index contributed by atoms with van der Waals surface area (Å²) in [6.07, 6.45) is 5.95. The quantitative estimate of drug-likeness (QED) is 0.507. The van der Waals surface area contributed by atoms with Crippen LogP contribution in [-0.2, 0) is 19.7 Å². The third-order valence-electron chi connectivity index (χ3n) is 6.89. The number of fused-ring (bicyclic) bond motifs is 1. The molecule has 3 aromatic rings. The fourth-order valence-corrected chi connectivity index (χ4v) is 5.15. The monoisotopic (exact) mass is 478 g/mol. The number of aryl methyl sites for hydroxylation is 1. The van der Waals surface area contributed by atoms with E-state index < -0.39 is 0 Å². The first kappa shape index (κ1) is 22.9. The summed E-state index contributed by atoms with van der Waals surface area (Å²) in [6.45, 7) is 8.17. The highest BCUT2D eigenvalue weighted by Crippen LogP contribution is 2.50. The number of aliphatic hydroxyl groups is 1. The summed E-state index contributed by atoms with van der Waals surface area (Å²) in [5.74, 6) is 0.781. The Balaban J connectivity index is 1.50. The van der Waals surface area contributed by atoms with Crippen molar-refractivity contribution in [2.45, 2.75) is 59.4 Å². The van der Waals surface area contributed by atoms with Gasteiger partial charge in [-0.3, -0.25) is 4.79 Å². The van der Waals surface area contributed by atoms with Crippen LogP contribution in [0.2, 0.25) is 5.02 Å². The minimum Gasteiger partial charge on any atom is -0.392 e. The summed E-state index contributed by atoms with van der Waals surface area (Å²) in [4.78, 5) is 20.1. The van der Waals surface area contributed by atoms with E-state index in [1.807, 2.05) is 42.2 Å². The van der Waals surface area contributed by atoms with Crippen molar-refractivity contribution in [3.63, 3.8) is 0 Å². The third-order valence-corrected chi connectivity index (χ3v) is 7.19. The highest BCUT2D eigenvalue weighted by molar-refractivity contribution is 6.33. The number of pyridine rings is 1. The van der Waals surface area contributed by atoms with Gasteiger partial charge in [-0.1, -0.05) is 35.4 Å². The number of hydrogen-bond acceptors (Lipinski definition) is 4. The highest BCUT2D eigenvalue weighted by Gasteiger charge is 2.47. The number of nitrogens with one attached hydrogen (secondary N) is 1. The predicted molar refractivity (Wildman–Crippen MR) is 135 cm³/mol. The van der Waals surface area contributed by atoms with E-state index >= 15 is 0 Å². The standard InChI is InChI=1S/C27H31ClN4O2/c1-17(2)30-25-10-22(23(28)11-29-25)20-9-24-26(34)32(16-27(6-7-27)15-31(24)13-20)12-19-5-4-18(3)8-21(19)14-33/h4-5,8-11,13,17,33H,6-7,12,14-16H2,1-3H3,(H,29,30). The van der Waals surface area contributed by atoms with E-state index in [9.17, 15) is 9.90 Å². The van der Waals surface area contributed by atoms with Crippen molar-refractivity contribution >= 4 is 23.3 Å². The maximum absolute atomic E-state index is 13.8. The number of halogens is 1. The van der Waals surface area contributed by atoms with Gasteiger partial charge in [0.1, 0.15) is 11.5 Å². The molecule has 1 aliphatic heterocycles. The lowest BCUT2D eigenvalue weighted by Gasteiger charge is -2.25. The van der Waals surface area contributed by atoms with Crippen LogP contribution in [0.25, 0.3) is 11.1 Å². The normalized spacial score (nSPS) is 16.6. The van der Waals surface area contributed by atoms with E-state index in [2.05, 4.69) is 34.9 Å². The van der Waals surface area contributed by atoms with Crippen LogP contribution in [-0.4, -0.2) is 38.1 Å². The number of amides is 1. The van der Waals surface area contributed by atoms with Crippen molar-refractivity contribution in [3.8, 4) is 11.1 Å². The van der Waals surface area contributed by atoms with Crippen LogP contribution in [0.4, 0.5) is 5.82 Å². The molecule has 1 fully saturated rings. The lowest BCUT2D eigenvalue weighted by Crippen LogP contribution is -2.34. The smallest absolute Gasteiger partial charge is 0.270 e. The third kappa shape index (κ3) is 4.44. The van der Waals surface area contributed by atoms with Crippen LogP contribution in [0.15, 0.2) is 42.7 Å². The number of rotatable bonds is 6. The van der Waals surface area contributed by atoms with Gasteiger partial charge in [0.15, 0.2) is 0 Å². The summed E-state index contributed by atoms with van der Waals surface area (Å²) in [7, 11) is 0. The highest BCUT2D eigenvalue weighted by atomic mass is 35.5. The molecule has 0 atom stereocenters. The van der Waals surface area contributed by atoms with Crippen LogP contribution in [0.1, 0.15) is 53.9 Å². The molecular weight excluding hydrogens is 448 g/mol. The Bertz CT molecular complexity index is 1250. The zero-order valence-electron chi connectivity index (χ0n) is 19.9. The van der Waals surface area contributed by atoms with Gasteiger partial charge in [0.05, 0.1) is 11.6 Å². The molecular formula is C27H31ClN4O2. The van der Waals surface area contributed by atoms with Crippen LogP contribution >= 0.6 is 11.6 Å². The fraction of sp³-hybridized carbons (Fsp3) is 0.407. The lowest BCUT2D eigenvalue weighted by molar-refractivity contribution is 0.0716. The molecule has 34 heavy (non-hydrogen) atoms. The number of carbonyl (C=O) groups excluding carboxylic acids is 1. The number of carbonyl (C=O) groups is 1. The van der Waals surface area contributed by atoms with E-state index in [0.717, 1.165) is 59.6 Å². The first-order chi connectivity index (χ1) is 16.3. The average Bonchev–Trinajstić information content (AvgIpc) is 3.44. The lowest BCUT2D eigenvalue weighted by atomic mass is 10.0. The van der Waals surface area contributed by atoms with Gasteiger partial charge in [0.2, 0.25) is 0 Å². The number of nitrogens with zero attached hydrogens (tertiary/aromatic N) is 3. The molecule has 1 aromatic carbocycles. The molecule has 1 amide bonds. The second-order valence-corrected chi connectivity index (χ2v) is 10.6. The molecule has 2 N–H and O–H groups in total. The Kier molecular flexibility index (Phi) is 5.90. The molecule has 6 nitrogen and oxygen atoms in total. The zero-order chi connectivity index (χ0) is 24.0. The number of benzene rings is 1. The molecule has 178 valence electrons. The minimum atomic E-state index is -0.0298. The number of aromatic nitrogens is 2. The van der Waals surface area contributed by atoms with Crippen molar-refractivity contribution in [1.29, 1.82) is 0 Å². The molecule has 5 rings (SSSR count). The molecule has 1 saturated carbocycles. The Morgan fingerprint density at radius 2 is 1.97 bits per heavy atom. The van der Waals surface area contributed by atoms with Crippen molar-refractivity contribution in [2.75, 3.05) is 11.9 Å². The van der Waals surface area contributed by atoms with E-state index in [1.165, 1.54) is 0 Å². The molecule has 1 aliphatic carbocycles. The van der Waals surface area contributed by atoms with Crippen LogP contribution in [0.3, 0.4) is 0 Å². The van der Waals surface area contributed by atoms with Crippen molar-refractivity contribution in [2.24, 2.45) is 5.41 Å². The molecule has 0 radical (unpaired) electrons. The van der Waals surface area contributed by atoms with Crippen LogP contribution < -0.4 is 5.32 Å². The Labute approximate surface area is 205 Å². The van der Waals surface area contributed by atoms with E-state index in [1.54, 1.807) is 6.20 Å². The molecule has 0 bridgehead atoms. The summed E-state index contributed by atoms with van der Waals surface area (Å²) in [5.41, 5.74) is 5.58. The van der Waals surface area contributed by atoms with E-state index in [4.69, 9.17) is 11.6 Å². The van der Waals surface area contributed by atoms with Gasteiger partial charge < -0.3 is 19.9 Å². The zero-order valence-corrected chi connectivity index (χ0v) is 20.7. The van der Waals surface area contributed by atoms with Gasteiger partial charge >= 0.3 is 0 Å². The SMILES string of the molecule is Cc1ccc(CN2CC3(CC3)Cn3cc(-c4cc(NC(C)C)ncc4Cl)cc3C2=O)c(CO)c1. The summed E-state index contributed by atoms with van der Waals surface area (Å²) < 4.78 is 2.11. The minimum absolute atomic E-state index is 0.0187. The maximum Gasteiger partial charge on any atom is 0.270 e. The first-order valence-electron chi connectivity index (χ1n) is 11.9. The second-order valence-electron chi connectivity index (χ2n) is 10.2. The van der Waals surface area contributed by atoms with Crippen LogP contribution in [0.5, 0.6) is 0 Å². The van der Waals surface area contributed by atoms with Gasteiger partial charge in [0, 0.05) is 54.6 Å². The van der Waals surface area contributed by atoms with Crippen LogP contribution in [0, 0.1) is 12.3 Å². The van der Waals surface area contributed by atoms with Crippen molar-refractivity contribution in [1.82, 2.24) is 14.5 Å².